The molecule has 0 saturated carbocycles. The lowest BCUT2D eigenvalue weighted by Crippen LogP contribution is -2.46. The number of fused-ring (bicyclic) bond motifs is 2. The number of aliphatic hydroxyl groups excluding tert-OH is 1. The number of ketones is 2. The molecule has 3 atom stereocenters. The molecule has 0 radical (unpaired) electrons. The predicted molar refractivity (Wildman–Crippen MR) is 170 cm³/mol. The second-order valence-electron chi connectivity index (χ2n) is 12.5. The van der Waals surface area contributed by atoms with Crippen LogP contribution in [0.15, 0.2) is 43.5 Å². The van der Waals surface area contributed by atoms with E-state index in [0.717, 1.165) is 31.2 Å². The maximum absolute atomic E-state index is 14.0. The Morgan fingerprint density at radius 1 is 0.896 bits per heavy atom. The molecule has 5 aliphatic rings. The lowest BCUT2D eigenvalue weighted by Gasteiger charge is -2.41. The van der Waals surface area contributed by atoms with Gasteiger partial charge in [-0.25, -0.2) is 0 Å². The minimum absolute atomic E-state index is 0.000613. The van der Waals surface area contributed by atoms with E-state index in [1.54, 1.807) is 0 Å². The van der Waals surface area contributed by atoms with Gasteiger partial charge in [-0.2, -0.15) is 0 Å². The van der Waals surface area contributed by atoms with Crippen LogP contribution < -0.4 is 32.2 Å². The number of rotatable bonds is 2. The van der Waals surface area contributed by atoms with Crippen molar-refractivity contribution in [2.24, 2.45) is 0 Å². The van der Waals surface area contributed by atoms with Gasteiger partial charge in [-0.1, -0.05) is 0 Å². The molecule has 6 rings (SSSR count). The number of carbonyl (C=O) groups excluding carboxylic acids is 3. The standard InChI is InChI=1S/C36H28O12/c1-12-10-20(39)25-27(22(12)13(2)37)32(43)18-8-6-16(30(41)23(18)34(25)45)17-7-9-19-24(31(17)42)35(46)26-21(40)11-36(5,47)29(28(26)33(19)44)14(3)48-15(4)38/h6-10,14,29,37,44,46-47H,11H2,1-5H3/t14-,29-,36+/m1/s1. The number of phenolic OH excluding ortho intramolecular Hbond substituents is 2. The Balaban J connectivity index is 1.68. The van der Waals surface area contributed by atoms with Crippen LogP contribution in [0.4, 0.5) is 0 Å². The zero-order valence-electron chi connectivity index (χ0n) is 26.3. The summed E-state index contributed by atoms with van der Waals surface area (Å²) in [5.74, 6) is -5.46. The molecule has 4 N–H and O–H groups in total. The van der Waals surface area contributed by atoms with E-state index in [4.69, 9.17) is 4.74 Å². The average molecular weight is 653 g/mol. The van der Waals surface area contributed by atoms with E-state index in [-0.39, 0.29) is 48.9 Å². The fourth-order valence-electron chi connectivity index (χ4n) is 7.41. The van der Waals surface area contributed by atoms with Crippen LogP contribution in [0.3, 0.4) is 0 Å². The molecule has 0 spiro atoms. The molecule has 12 nitrogen and oxygen atoms in total. The van der Waals surface area contributed by atoms with Crippen molar-refractivity contribution in [3.63, 3.8) is 0 Å². The third kappa shape index (κ3) is 4.36. The van der Waals surface area contributed by atoms with Crippen molar-refractivity contribution in [1.29, 1.82) is 0 Å². The molecule has 0 amide bonds. The number of carbonyl (C=O) groups is 3. The number of aliphatic hydroxyl groups is 2. The van der Waals surface area contributed by atoms with E-state index in [9.17, 15) is 54.0 Å². The second-order valence-corrected chi connectivity index (χ2v) is 12.5. The number of phenols is 2. The molecule has 1 aromatic carbocycles. The molecule has 0 fully saturated rings. The number of Topliss-reactive ketones (excluding diaryl/α,β-unsaturated/α-hetero) is 2. The van der Waals surface area contributed by atoms with Crippen LogP contribution >= 0.6 is 0 Å². The van der Waals surface area contributed by atoms with Crippen molar-refractivity contribution in [3.8, 4) is 11.5 Å². The number of benzene rings is 1. The molecule has 0 heterocycles. The Labute approximate surface area is 268 Å². The first-order chi connectivity index (χ1) is 22.4. The molecule has 5 aliphatic carbocycles. The van der Waals surface area contributed by atoms with Crippen molar-refractivity contribution >= 4 is 34.9 Å². The van der Waals surface area contributed by atoms with Crippen molar-refractivity contribution in [3.05, 3.63) is 124 Å². The summed E-state index contributed by atoms with van der Waals surface area (Å²) in [6.45, 7) is 6.68. The Morgan fingerprint density at radius 2 is 1.52 bits per heavy atom. The summed E-state index contributed by atoms with van der Waals surface area (Å²) in [5.41, 5.74) is -7.13. The third-order valence-corrected chi connectivity index (χ3v) is 9.23. The first-order valence-corrected chi connectivity index (χ1v) is 14.9. The molecule has 0 aromatic heterocycles. The minimum Gasteiger partial charge on any atom is -0.512 e. The maximum atomic E-state index is 14.0. The van der Waals surface area contributed by atoms with Crippen LogP contribution in [0, 0.1) is 27.8 Å². The van der Waals surface area contributed by atoms with E-state index < -0.39 is 96.4 Å². The highest BCUT2D eigenvalue weighted by atomic mass is 16.5. The van der Waals surface area contributed by atoms with Gasteiger partial charge in [0.05, 0.1) is 38.8 Å². The fourth-order valence-corrected chi connectivity index (χ4v) is 7.41. The van der Waals surface area contributed by atoms with Crippen LogP contribution in [-0.4, -0.2) is 49.7 Å². The van der Waals surface area contributed by atoms with E-state index in [1.165, 1.54) is 33.8 Å². The number of hydrogen-bond donors (Lipinski definition) is 4. The van der Waals surface area contributed by atoms with Gasteiger partial charge in [0.15, 0.2) is 27.9 Å². The second kappa shape index (κ2) is 10.6. The summed E-state index contributed by atoms with van der Waals surface area (Å²) in [5, 5.41) is 42.1. The molecule has 0 bridgehead atoms. The molecular formula is C36H28O12. The number of aryl methyl sites for hydroxylation is 1. The van der Waals surface area contributed by atoms with Gasteiger partial charge in [-0.05, 0) is 63.6 Å². The summed E-state index contributed by atoms with van der Waals surface area (Å²) in [6, 6.07) is 3.36. The van der Waals surface area contributed by atoms with E-state index in [1.807, 2.05) is 0 Å². The lowest BCUT2D eigenvalue weighted by molar-refractivity contribution is -0.150. The third-order valence-electron chi connectivity index (χ3n) is 9.23. The Morgan fingerprint density at radius 3 is 2.15 bits per heavy atom. The molecule has 1 aromatic rings. The van der Waals surface area contributed by atoms with E-state index >= 15 is 0 Å². The van der Waals surface area contributed by atoms with Gasteiger partial charge in [-0.15, -0.1) is 0 Å². The zero-order valence-corrected chi connectivity index (χ0v) is 26.3. The van der Waals surface area contributed by atoms with Crippen LogP contribution in [0.5, 0.6) is 11.5 Å². The van der Waals surface area contributed by atoms with Gasteiger partial charge in [0, 0.05) is 50.9 Å². The van der Waals surface area contributed by atoms with E-state index in [2.05, 4.69) is 0 Å². The van der Waals surface area contributed by atoms with Crippen LogP contribution in [0.2, 0.25) is 0 Å². The van der Waals surface area contributed by atoms with Crippen molar-refractivity contribution in [2.45, 2.75) is 58.7 Å². The average Bonchev–Trinajstić information content (AvgIpc) is 2.96. The highest BCUT2D eigenvalue weighted by Gasteiger charge is 2.50. The first-order valence-electron chi connectivity index (χ1n) is 14.9. The minimum atomic E-state index is -1.82. The quantitative estimate of drug-likeness (QED) is 0.170. The highest BCUT2D eigenvalue weighted by Crippen LogP contribution is 2.52. The largest absolute Gasteiger partial charge is 0.512 e. The number of hydrogen-bond acceptors (Lipinski definition) is 12. The number of esters is 1. The molecule has 0 aliphatic heterocycles. The van der Waals surface area contributed by atoms with Gasteiger partial charge in [0.2, 0.25) is 5.43 Å². The summed E-state index contributed by atoms with van der Waals surface area (Å²) >= 11 is 0. The van der Waals surface area contributed by atoms with Crippen LogP contribution in [-0.2, 0) is 9.53 Å². The Hall–Kier alpha value is -5.75. The van der Waals surface area contributed by atoms with Crippen molar-refractivity contribution < 1.29 is 39.5 Å². The SMILES string of the molecule is CC(=O)O[C@H](C)[C@@H]1c2c(O)c3c(c(O)c2C(=O)C[C@]1(C)O)C(=O)C(=c1ccc2c(=O)c4c(=C(C)O)c(C)cc(=O)c=4c(=O)c=2c1=O)C=C3. The zero-order chi connectivity index (χ0) is 35.3. The molecule has 244 valence electrons. The summed E-state index contributed by atoms with van der Waals surface area (Å²) in [6.07, 6.45) is 0.733. The van der Waals surface area contributed by atoms with Gasteiger partial charge < -0.3 is 25.2 Å². The van der Waals surface area contributed by atoms with E-state index in [0.29, 0.717) is 0 Å². The summed E-state index contributed by atoms with van der Waals surface area (Å²) < 4.78 is 5.27. The Kier molecular flexibility index (Phi) is 7.14. The number of aromatic hydroxyl groups is 2. The maximum Gasteiger partial charge on any atom is 0.302 e. The van der Waals surface area contributed by atoms with Crippen molar-refractivity contribution in [2.75, 3.05) is 0 Å². The fraction of sp³-hybridized carbons (Fsp3) is 0.250. The Bertz CT molecular complexity index is 2710. The van der Waals surface area contributed by atoms with Crippen LogP contribution in [0.25, 0.3) is 17.4 Å². The molecule has 0 saturated heterocycles. The number of allylic oxidation sites excluding steroid dienone is 1. The summed E-state index contributed by atoms with van der Waals surface area (Å²) in [4.78, 5) is 93.1. The number of ether oxygens (including phenoxy) is 1. The van der Waals surface area contributed by atoms with Crippen molar-refractivity contribution in [1.82, 2.24) is 0 Å². The topological polar surface area (TPSA) is 210 Å². The predicted octanol–water partition coefficient (Wildman–Crippen LogP) is 0.291. The molecule has 12 heteroatoms. The smallest absolute Gasteiger partial charge is 0.302 e. The van der Waals surface area contributed by atoms with Gasteiger partial charge in [-0.3, -0.25) is 33.6 Å². The van der Waals surface area contributed by atoms with Crippen LogP contribution in [0.1, 0.15) is 77.4 Å². The van der Waals surface area contributed by atoms with Gasteiger partial charge in [0.1, 0.15) is 17.6 Å². The molecular weight excluding hydrogens is 624 g/mol. The normalized spacial score (nSPS) is 21.2. The highest BCUT2D eigenvalue weighted by molar-refractivity contribution is 6.32. The molecule has 48 heavy (non-hydrogen) atoms. The first kappa shape index (κ1) is 32.2. The van der Waals surface area contributed by atoms with Gasteiger partial charge in [0.25, 0.3) is 0 Å². The summed E-state index contributed by atoms with van der Waals surface area (Å²) in [7, 11) is 0. The lowest BCUT2D eigenvalue weighted by atomic mass is 9.67. The van der Waals surface area contributed by atoms with Gasteiger partial charge >= 0.3 is 5.97 Å². The molecule has 0 unspecified atom stereocenters. The monoisotopic (exact) mass is 652 g/mol.